The van der Waals surface area contributed by atoms with Gasteiger partial charge in [0.05, 0.1) is 0 Å². The van der Waals surface area contributed by atoms with E-state index < -0.39 is 0 Å². The van der Waals surface area contributed by atoms with Gasteiger partial charge in [0, 0.05) is 19.2 Å². The van der Waals surface area contributed by atoms with Crippen LogP contribution < -0.4 is 0 Å². The summed E-state index contributed by atoms with van der Waals surface area (Å²) in [5, 5.41) is 0. The molecule has 1 aliphatic heterocycles. The Morgan fingerprint density at radius 3 is 2.58 bits per heavy atom. The highest BCUT2D eigenvalue weighted by Gasteiger charge is 2.21. The van der Waals surface area contributed by atoms with Crippen LogP contribution in [0.1, 0.15) is 27.2 Å². The number of amides is 1. The van der Waals surface area contributed by atoms with Gasteiger partial charge in [-0.15, -0.1) is 0 Å². The monoisotopic (exact) mass is 167 g/mol. The maximum Gasteiger partial charge on any atom is 0.246 e. The first-order valence-corrected chi connectivity index (χ1v) is 4.53. The molecule has 12 heavy (non-hydrogen) atoms. The van der Waals surface area contributed by atoms with Gasteiger partial charge in [0.2, 0.25) is 5.91 Å². The van der Waals surface area contributed by atoms with Crippen LogP contribution in [0.25, 0.3) is 0 Å². The number of carbonyl (C=O) groups is 1. The molecule has 0 aromatic rings. The van der Waals surface area contributed by atoms with Gasteiger partial charge in [0.25, 0.3) is 0 Å². The second-order valence-electron chi connectivity index (χ2n) is 3.90. The number of carbonyl (C=O) groups excluding carboxylic acids is 1. The molecule has 1 heterocycles. The Balaban J connectivity index is 2.49. The van der Waals surface area contributed by atoms with Crippen LogP contribution in [0, 0.1) is 5.92 Å². The molecule has 0 aliphatic carbocycles. The number of allylic oxidation sites excluding steroid dienone is 1. The fourth-order valence-electron chi connectivity index (χ4n) is 1.47. The maximum absolute atomic E-state index is 11.5. The SMILES string of the molecule is CC(C)=CC(=O)N1CCC(C)C1. The quantitative estimate of drug-likeness (QED) is 0.545. The van der Waals surface area contributed by atoms with Gasteiger partial charge < -0.3 is 4.90 Å². The Morgan fingerprint density at radius 2 is 2.17 bits per heavy atom. The smallest absolute Gasteiger partial charge is 0.246 e. The largest absolute Gasteiger partial charge is 0.339 e. The van der Waals surface area contributed by atoms with Gasteiger partial charge in [-0.1, -0.05) is 12.5 Å². The Kier molecular flexibility index (Phi) is 2.90. The lowest BCUT2D eigenvalue weighted by Gasteiger charge is -2.13. The summed E-state index contributed by atoms with van der Waals surface area (Å²) in [7, 11) is 0. The Hall–Kier alpha value is -0.790. The van der Waals surface area contributed by atoms with Gasteiger partial charge in [-0.05, 0) is 26.2 Å². The fourth-order valence-corrected chi connectivity index (χ4v) is 1.47. The minimum atomic E-state index is 0.180. The zero-order valence-electron chi connectivity index (χ0n) is 8.13. The van der Waals surface area contributed by atoms with Crippen LogP contribution in [0.4, 0.5) is 0 Å². The lowest BCUT2D eigenvalue weighted by atomic mass is 10.2. The summed E-state index contributed by atoms with van der Waals surface area (Å²) in [6.07, 6.45) is 2.88. The van der Waals surface area contributed by atoms with E-state index in [0.717, 1.165) is 25.1 Å². The van der Waals surface area contributed by atoms with Crippen LogP contribution in [0.15, 0.2) is 11.6 Å². The molecule has 0 aromatic heterocycles. The van der Waals surface area contributed by atoms with Crippen molar-refractivity contribution in [1.82, 2.24) is 4.90 Å². The summed E-state index contributed by atoms with van der Waals surface area (Å²) in [5.41, 5.74) is 1.08. The first-order chi connectivity index (χ1) is 5.59. The average molecular weight is 167 g/mol. The molecule has 1 unspecified atom stereocenters. The van der Waals surface area contributed by atoms with Crippen LogP contribution in [-0.4, -0.2) is 23.9 Å². The second kappa shape index (κ2) is 3.74. The third-order valence-corrected chi connectivity index (χ3v) is 2.15. The topological polar surface area (TPSA) is 20.3 Å². The normalized spacial score (nSPS) is 22.6. The molecule has 2 nitrogen and oxygen atoms in total. The van der Waals surface area contributed by atoms with E-state index in [4.69, 9.17) is 0 Å². The van der Waals surface area contributed by atoms with Crippen LogP contribution in [-0.2, 0) is 4.79 Å². The summed E-state index contributed by atoms with van der Waals surface area (Å²) >= 11 is 0. The molecule has 1 rings (SSSR count). The number of nitrogens with zero attached hydrogens (tertiary/aromatic N) is 1. The highest BCUT2D eigenvalue weighted by atomic mass is 16.2. The predicted octanol–water partition coefficient (Wildman–Crippen LogP) is 1.82. The summed E-state index contributed by atoms with van der Waals surface area (Å²) in [5.74, 6) is 0.860. The van der Waals surface area contributed by atoms with E-state index in [1.165, 1.54) is 0 Å². The molecule has 0 radical (unpaired) electrons. The average Bonchev–Trinajstić information content (AvgIpc) is 2.34. The van der Waals surface area contributed by atoms with E-state index in [2.05, 4.69) is 6.92 Å². The second-order valence-corrected chi connectivity index (χ2v) is 3.90. The molecule has 0 spiro atoms. The summed E-state index contributed by atoms with van der Waals surface area (Å²) in [4.78, 5) is 13.4. The molecule has 1 saturated heterocycles. The maximum atomic E-state index is 11.5. The van der Waals surface area contributed by atoms with Crippen molar-refractivity contribution in [3.8, 4) is 0 Å². The van der Waals surface area contributed by atoms with Crippen LogP contribution in [0.2, 0.25) is 0 Å². The molecule has 1 aliphatic rings. The van der Waals surface area contributed by atoms with E-state index >= 15 is 0 Å². The molecule has 1 amide bonds. The molecule has 0 N–H and O–H groups in total. The molecule has 2 heteroatoms. The standard InChI is InChI=1S/C10H17NO/c1-8(2)6-10(12)11-5-4-9(3)7-11/h6,9H,4-5,7H2,1-3H3. The van der Waals surface area contributed by atoms with Crippen molar-refractivity contribution in [3.63, 3.8) is 0 Å². The van der Waals surface area contributed by atoms with Crippen molar-refractivity contribution in [2.24, 2.45) is 5.92 Å². The van der Waals surface area contributed by atoms with Crippen LogP contribution >= 0.6 is 0 Å². The van der Waals surface area contributed by atoms with Crippen molar-refractivity contribution >= 4 is 5.91 Å². The molecule has 0 saturated carbocycles. The third kappa shape index (κ3) is 2.36. The molecule has 0 bridgehead atoms. The number of hydrogen-bond acceptors (Lipinski definition) is 1. The minimum absolute atomic E-state index is 0.180. The highest BCUT2D eigenvalue weighted by Crippen LogP contribution is 2.15. The van der Waals surface area contributed by atoms with Crippen molar-refractivity contribution in [1.29, 1.82) is 0 Å². The molecular weight excluding hydrogens is 150 g/mol. The van der Waals surface area contributed by atoms with Crippen LogP contribution in [0.3, 0.4) is 0 Å². The third-order valence-electron chi connectivity index (χ3n) is 2.15. The molecule has 0 aromatic carbocycles. The number of rotatable bonds is 1. The lowest BCUT2D eigenvalue weighted by Crippen LogP contribution is -2.26. The molecular formula is C10H17NO. The Bertz CT molecular complexity index is 204. The Morgan fingerprint density at radius 1 is 1.50 bits per heavy atom. The van der Waals surface area contributed by atoms with Crippen molar-refractivity contribution in [2.45, 2.75) is 27.2 Å². The molecule has 68 valence electrons. The fraction of sp³-hybridized carbons (Fsp3) is 0.700. The summed E-state index contributed by atoms with van der Waals surface area (Å²) < 4.78 is 0. The van der Waals surface area contributed by atoms with Crippen LogP contribution in [0.5, 0.6) is 0 Å². The van der Waals surface area contributed by atoms with Gasteiger partial charge in [0.15, 0.2) is 0 Å². The first-order valence-electron chi connectivity index (χ1n) is 4.53. The zero-order chi connectivity index (χ0) is 9.14. The van der Waals surface area contributed by atoms with Crippen molar-refractivity contribution in [2.75, 3.05) is 13.1 Å². The van der Waals surface area contributed by atoms with Gasteiger partial charge in [-0.25, -0.2) is 0 Å². The van der Waals surface area contributed by atoms with E-state index in [9.17, 15) is 4.79 Å². The van der Waals surface area contributed by atoms with Crippen molar-refractivity contribution in [3.05, 3.63) is 11.6 Å². The molecule has 1 fully saturated rings. The van der Waals surface area contributed by atoms with E-state index in [-0.39, 0.29) is 5.91 Å². The lowest BCUT2D eigenvalue weighted by molar-refractivity contribution is -0.125. The molecule has 1 atom stereocenters. The summed E-state index contributed by atoms with van der Waals surface area (Å²) in [6, 6.07) is 0. The number of likely N-dealkylation sites (tertiary alicyclic amines) is 1. The van der Waals surface area contributed by atoms with Gasteiger partial charge in [-0.3, -0.25) is 4.79 Å². The van der Waals surface area contributed by atoms with Gasteiger partial charge in [-0.2, -0.15) is 0 Å². The van der Waals surface area contributed by atoms with Crippen molar-refractivity contribution < 1.29 is 4.79 Å². The van der Waals surface area contributed by atoms with E-state index in [0.29, 0.717) is 5.92 Å². The highest BCUT2D eigenvalue weighted by molar-refractivity contribution is 5.88. The zero-order valence-corrected chi connectivity index (χ0v) is 8.13. The van der Waals surface area contributed by atoms with E-state index in [1.807, 2.05) is 18.7 Å². The summed E-state index contributed by atoms with van der Waals surface area (Å²) in [6.45, 7) is 7.97. The number of hydrogen-bond donors (Lipinski definition) is 0. The van der Waals surface area contributed by atoms with E-state index in [1.54, 1.807) is 6.08 Å². The van der Waals surface area contributed by atoms with Gasteiger partial charge >= 0.3 is 0 Å². The first kappa shape index (κ1) is 9.30. The minimum Gasteiger partial charge on any atom is -0.339 e. The predicted molar refractivity (Wildman–Crippen MR) is 49.8 cm³/mol. The Labute approximate surface area is 74.2 Å². The van der Waals surface area contributed by atoms with Gasteiger partial charge in [0.1, 0.15) is 0 Å².